The van der Waals surface area contributed by atoms with Crippen LogP contribution in [-0.2, 0) is 30.4 Å². The monoisotopic (exact) mass is 604 g/mol. The van der Waals surface area contributed by atoms with Crippen molar-refractivity contribution in [1.82, 2.24) is 5.32 Å². The van der Waals surface area contributed by atoms with Crippen molar-refractivity contribution in [3.8, 4) is 0 Å². The van der Waals surface area contributed by atoms with Gasteiger partial charge in [0.25, 0.3) is 5.69 Å². The Hall–Kier alpha value is -4.09. The minimum absolute atomic E-state index is 0.190. The van der Waals surface area contributed by atoms with Crippen LogP contribution in [0.3, 0.4) is 0 Å². The topological polar surface area (TPSA) is 201 Å². The van der Waals surface area contributed by atoms with Gasteiger partial charge in [-0.1, -0.05) is 69.7 Å². The SMILES string of the molecule is CCCCCCCC(=O)CCCCCC/C=C/[C@H](C(=O)NC(Cc1ccc([N+](=O)[O-])cc1)C(=O)O)C(CC(=O)O)C(=O)O. The first-order chi connectivity index (χ1) is 20.5. The molecular formula is C31H44N2O10. The first-order valence-electron chi connectivity index (χ1n) is 14.9. The van der Waals surface area contributed by atoms with Crippen LogP contribution in [0.5, 0.6) is 0 Å². The van der Waals surface area contributed by atoms with E-state index in [0.717, 1.165) is 44.9 Å². The summed E-state index contributed by atoms with van der Waals surface area (Å²) >= 11 is 0. The van der Waals surface area contributed by atoms with E-state index < -0.39 is 53.0 Å². The Balaban J connectivity index is 2.73. The lowest BCUT2D eigenvalue weighted by Gasteiger charge is -2.22. The van der Waals surface area contributed by atoms with E-state index in [-0.39, 0.29) is 17.9 Å². The molecule has 0 bridgehead atoms. The third-order valence-corrected chi connectivity index (χ3v) is 7.13. The highest BCUT2D eigenvalue weighted by Crippen LogP contribution is 2.21. The highest BCUT2D eigenvalue weighted by Gasteiger charge is 2.35. The molecule has 0 aromatic heterocycles. The Morgan fingerprint density at radius 3 is 1.95 bits per heavy atom. The van der Waals surface area contributed by atoms with Crippen LogP contribution in [0.15, 0.2) is 36.4 Å². The normalized spacial score (nSPS) is 13.2. The van der Waals surface area contributed by atoms with Gasteiger partial charge in [-0.3, -0.25) is 29.3 Å². The molecule has 0 saturated carbocycles. The number of carbonyl (C=O) groups excluding carboxylic acids is 2. The number of ketones is 1. The van der Waals surface area contributed by atoms with Crippen molar-refractivity contribution in [2.24, 2.45) is 11.8 Å². The van der Waals surface area contributed by atoms with Crippen LogP contribution in [0.2, 0.25) is 0 Å². The van der Waals surface area contributed by atoms with Crippen molar-refractivity contribution < 1.29 is 44.2 Å². The van der Waals surface area contributed by atoms with Crippen molar-refractivity contribution in [3.05, 3.63) is 52.1 Å². The number of carbonyl (C=O) groups is 5. The average Bonchev–Trinajstić information content (AvgIpc) is 2.94. The maximum atomic E-state index is 13.1. The van der Waals surface area contributed by atoms with E-state index in [0.29, 0.717) is 31.2 Å². The smallest absolute Gasteiger partial charge is 0.326 e. The standard InChI is InChI=1S/C31H44N2O10/c1-2-3-4-7-10-13-24(34)14-11-8-5-6-9-12-15-25(26(30(38)39)21-28(35)36)29(37)32-27(31(40)41)20-22-16-18-23(19-17-22)33(42)43/h12,15-19,25-27H,2-11,13-14,20-21H2,1H3,(H,32,37)(H,35,36)(H,38,39)(H,40,41)/b15-12+/t25-,26?,27?/m0/s1. The van der Waals surface area contributed by atoms with E-state index >= 15 is 0 Å². The van der Waals surface area contributed by atoms with Gasteiger partial charge in [0, 0.05) is 31.4 Å². The second-order valence-electron chi connectivity index (χ2n) is 10.7. The van der Waals surface area contributed by atoms with E-state index in [1.165, 1.54) is 36.8 Å². The Morgan fingerprint density at radius 1 is 0.860 bits per heavy atom. The minimum atomic E-state index is -1.63. The Labute approximate surface area is 251 Å². The number of hydrogen-bond acceptors (Lipinski definition) is 7. The van der Waals surface area contributed by atoms with Gasteiger partial charge >= 0.3 is 17.9 Å². The molecule has 0 radical (unpaired) electrons. The van der Waals surface area contributed by atoms with Crippen molar-refractivity contribution in [2.75, 3.05) is 0 Å². The number of allylic oxidation sites excluding steroid dienone is 1. The molecule has 1 rings (SSSR count). The van der Waals surface area contributed by atoms with Gasteiger partial charge in [0.05, 0.1) is 23.2 Å². The summed E-state index contributed by atoms with van der Waals surface area (Å²) in [5.41, 5.74) is 0.198. The van der Waals surface area contributed by atoms with E-state index in [2.05, 4.69) is 12.2 Å². The lowest BCUT2D eigenvalue weighted by Crippen LogP contribution is -2.47. The van der Waals surface area contributed by atoms with Gasteiger partial charge in [0.2, 0.25) is 5.91 Å². The number of aliphatic carboxylic acids is 3. The summed E-state index contributed by atoms with van der Waals surface area (Å²) in [4.78, 5) is 70.4. The fourth-order valence-electron chi connectivity index (χ4n) is 4.65. The number of amides is 1. The summed E-state index contributed by atoms with van der Waals surface area (Å²) in [6.45, 7) is 2.15. The summed E-state index contributed by atoms with van der Waals surface area (Å²) in [7, 11) is 0. The second-order valence-corrected chi connectivity index (χ2v) is 10.7. The third-order valence-electron chi connectivity index (χ3n) is 7.13. The quantitative estimate of drug-likeness (QED) is 0.0517. The third kappa shape index (κ3) is 15.6. The Morgan fingerprint density at radius 2 is 1.44 bits per heavy atom. The van der Waals surface area contributed by atoms with Gasteiger partial charge in [-0.2, -0.15) is 0 Å². The summed E-state index contributed by atoms with van der Waals surface area (Å²) < 4.78 is 0. The van der Waals surface area contributed by atoms with Gasteiger partial charge in [0.15, 0.2) is 0 Å². The van der Waals surface area contributed by atoms with Gasteiger partial charge in [-0.15, -0.1) is 0 Å². The Bertz CT molecular complexity index is 1100. The number of nitrogens with one attached hydrogen (secondary N) is 1. The van der Waals surface area contributed by atoms with Crippen molar-refractivity contribution >= 4 is 35.3 Å². The molecule has 1 aromatic carbocycles. The molecule has 0 aliphatic rings. The molecule has 2 unspecified atom stereocenters. The fourth-order valence-corrected chi connectivity index (χ4v) is 4.65. The lowest BCUT2D eigenvalue weighted by atomic mass is 9.87. The molecule has 0 fully saturated rings. The molecule has 1 aromatic rings. The van der Waals surface area contributed by atoms with Crippen molar-refractivity contribution in [2.45, 2.75) is 103 Å². The van der Waals surface area contributed by atoms with Crippen LogP contribution in [0, 0.1) is 22.0 Å². The molecule has 0 aliphatic carbocycles. The molecule has 12 heteroatoms. The molecule has 4 N–H and O–H groups in total. The van der Waals surface area contributed by atoms with Crippen molar-refractivity contribution in [1.29, 1.82) is 0 Å². The number of nitrogens with zero attached hydrogens (tertiary/aromatic N) is 1. The zero-order valence-corrected chi connectivity index (χ0v) is 24.7. The summed E-state index contributed by atoms with van der Waals surface area (Å²) in [6.07, 6.45) is 12.2. The number of carboxylic acids is 3. The average molecular weight is 605 g/mol. The van der Waals surface area contributed by atoms with Crippen LogP contribution in [0.4, 0.5) is 5.69 Å². The predicted molar refractivity (Wildman–Crippen MR) is 158 cm³/mol. The van der Waals surface area contributed by atoms with Crippen molar-refractivity contribution in [3.63, 3.8) is 0 Å². The largest absolute Gasteiger partial charge is 0.481 e. The fraction of sp³-hybridized carbons (Fsp3) is 0.581. The van der Waals surface area contributed by atoms with Crippen LogP contribution in [0.25, 0.3) is 0 Å². The number of hydrogen-bond donors (Lipinski definition) is 4. The molecule has 0 saturated heterocycles. The summed E-state index contributed by atoms with van der Waals surface area (Å²) in [5, 5.41) is 41.7. The molecule has 43 heavy (non-hydrogen) atoms. The molecular weight excluding hydrogens is 560 g/mol. The number of nitro benzene ring substituents is 1. The highest BCUT2D eigenvalue weighted by atomic mass is 16.6. The number of non-ortho nitro benzene ring substituents is 1. The van der Waals surface area contributed by atoms with Crippen LogP contribution >= 0.6 is 0 Å². The molecule has 1 amide bonds. The number of unbranched alkanes of at least 4 members (excludes halogenated alkanes) is 8. The van der Waals surface area contributed by atoms with E-state index in [9.17, 15) is 49.4 Å². The lowest BCUT2D eigenvalue weighted by molar-refractivity contribution is -0.384. The number of carboxylic acid groups (broad SMARTS) is 3. The predicted octanol–water partition coefficient (Wildman–Crippen LogP) is 5.32. The molecule has 3 atom stereocenters. The van der Waals surface area contributed by atoms with Gasteiger partial charge < -0.3 is 20.6 Å². The summed E-state index contributed by atoms with van der Waals surface area (Å²) in [6, 6.07) is 3.62. The number of benzene rings is 1. The molecule has 12 nitrogen and oxygen atoms in total. The first-order valence-corrected chi connectivity index (χ1v) is 14.9. The molecule has 0 aliphatic heterocycles. The first kappa shape index (κ1) is 36.9. The van der Waals surface area contributed by atoms with Gasteiger partial charge in [-0.25, -0.2) is 4.79 Å². The number of Topliss-reactive ketones (excluding diaryl/α,β-unsaturated/α-hetero) is 1. The Kier molecular flexibility index (Phi) is 17.8. The van der Waals surface area contributed by atoms with Crippen LogP contribution < -0.4 is 5.32 Å². The molecule has 0 spiro atoms. The zero-order chi connectivity index (χ0) is 32.2. The second kappa shape index (κ2) is 20.7. The van der Waals surface area contributed by atoms with Crippen LogP contribution in [-0.4, -0.2) is 55.9 Å². The maximum Gasteiger partial charge on any atom is 0.326 e. The highest BCUT2D eigenvalue weighted by molar-refractivity contribution is 5.91. The zero-order valence-electron chi connectivity index (χ0n) is 24.7. The van der Waals surface area contributed by atoms with E-state index in [1.54, 1.807) is 6.08 Å². The number of nitro groups is 1. The molecule has 238 valence electrons. The van der Waals surface area contributed by atoms with Gasteiger partial charge in [0.1, 0.15) is 11.8 Å². The maximum absolute atomic E-state index is 13.1. The summed E-state index contributed by atoms with van der Waals surface area (Å²) in [5.74, 6) is -8.09. The minimum Gasteiger partial charge on any atom is -0.481 e. The van der Waals surface area contributed by atoms with Gasteiger partial charge in [-0.05, 0) is 31.2 Å². The van der Waals surface area contributed by atoms with Crippen LogP contribution in [0.1, 0.15) is 96.0 Å². The van der Waals surface area contributed by atoms with E-state index in [1.807, 2.05) is 0 Å². The van der Waals surface area contributed by atoms with E-state index in [4.69, 9.17) is 0 Å². The molecule has 0 heterocycles. The number of rotatable bonds is 24.